The second kappa shape index (κ2) is 4.74. The Morgan fingerprint density at radius 2 is 2.11 bits per heavy atom. The Morgan fingerprint density at radius 1 is 1.39 bits per heavy atom. The summed E-state index contributed by atoms with van der Waals surface area (Å²) in [6.45, 7) is -0.623. The van der Waals surface area contributed by atoms with Crippen molar-refractivity contribution in [2.75, 3.05) is 23.3 Å². The third-order valence-electron chi connectivity index (χ3n) is 2.41. The molecule has 94 valence electrons. The minimum absolute atomic E-state index is 0.136. The summed E-state index contributed by atoms with van der Waals surface area (Å²) in [5.41, 5.74) is 1.07. The van der Waals surface area contributed by atoms with E-state index < -0.39 is 18.5 Å². The van der Waals surface area contributed by atoms with Crippen molar-refractivity contribution >= 4 is 29.3 Å². The maximum Gasteiger partial charge on any atom is 0.323 e. The third kappa shape index (κ3) is 2.40. The maximum absolute atomic E-state index is 11.8. The van der Waals surface area contributed by atoms with Gasteiger partial charge in [-0.25, -0.2) is 4.79 Å². The molecule has 1 aliphatic heterocycles. The fourth-order valence-electron chi connectivity index (χ4n) is 1.66. The Balaban J connectivity index is 2.20. The van der Waals surface area contributed by atoms with Crippen molar-refractivity contribution in [2.24, 2.45) is 0 Å². The molecule has 0 aliphatic carbocycles. The topological polar surface area (TPSA) is 98.7 Å². The SMILES string of the molecule is O=C(O)CNC(=O)N1CC(=O)Nc2ccccc21. The van der Waals surface area contributed by atoms with Gasteiger partial charge in [0.25, 0.3) is 0 Å². The van der Waals surface area contributed by atoms with Gasteiger partial charge in [0, 0.05) is 0 Å². The van der Waals surface area contributed by atoms with E-state index in [2.05, 4.69) is 10.6 Å². The number of amides is 3. The Hall–Kier alpha value is -2.57. The third-order valence-corrected chi connectivity index (χ3v) is 2.41. The quantitative estimate of drug-likeness (QED) is 0.699. The predicted molar refractivity (Wildman–Crippen MR) is 63.5 cm³/mol. The summed E-state index contributed by atoms with van der Waals surface area (Å²) in [4.78, 5) is 34.8. The van der Waals surface area contributed by atoms with Crippen molar-refractivity contribution in [3.63, 3.8) is 0 Å². The van der Waals surface area contributed by atoms with Crippen molar-refractivity contribution in [1.29, 1.82) is 0 Å². The Labute approximate surface area is 102 Å². The van der Waals surface area contributed by atoms with Crippen LogP contribution in [-0.4, -0.2) is 36.1 Å². The van der Waals surface area contributed by atoms with Gasteiger partial charge in [0.15, 0.2) is 0 Å². The highest BCUT2D eigenvalue weighted by molar-refractivity contribution is 6.09. The number of benzene rings is 1. The molecular formula is C11H11N3O4. The van der Waals surface area contributed by atoms with Crippen molar-refractivity contribution < 1.29 is 19.5 Å². The molecule has 2 rings (SSSR count). The largest absolute Gasteiger partial charge is 0.480 e. The van der Waals surface area contributed by atoms with Gasteiger partial charge in [-0.1, -0.05) is 12.1 Å². The molecule has 3 amide bonds. The van der Waals surface area contributed by atoms with Gasteiger partial charge in [-0.05, 0) is 12.1 Å². The Kier molecular flexibility index (Phi) is 3.13. The Bertz CT molecular complexity index is 515. The van der Waals surface area contributed by atoms with Crippen LogP contribution in [0.3, 0.4) is 0 Å². The van der Waals surface area contributed by atoms with Crippen LogP contribution in [0.1, 0.15) is 0 Å². The van der Waals surface area contributed by atoms with E-state index in [4.69, 9.17) is 5.11 Å². The number of para-hydroxylation sites is 2. The van der Waals surface area contributed by atoms with Gasteiger partial charge in [0.2, 0.25) is 5.91 Å². The zero-order chi connectivity index (χ0) is 13.1. The number of nitrogens with one attached hydrogen (secondary N) is 2. The number of hydrogen-bond donors (Lipinski definition) is 3. The summed E-state index contributed by atoms with van der Waals surface area (Å²) in [6.07, 6.45) is 0. The lowest BCUT2D eigenvalue weighted by Crippen LogP contribution is -2.48. The minimum atomic E-state index is -1.14. The number of aliphatic carboxylic acids is 1. The van der Waals surface area contributed by atoms with E-state index in [0.717, 1.165) is 0 Å². The fraction of sp³-hybridized carbons (Fsp3) is 0.182. The number of carbonyl (C=O) groups is 3. The molecule has 0 spiro atoms. The van der Waals surface area contributed by atoms with E-state index >= 15 is 0 Å². The van der Waals surface area contributed by atoms with Gasteiger partial charge >= 0.3 is 12.0 Å². The predicted octanol–water partition coefficient (Wildman–Crippen LogP) is 0.239. The molecule has 0 saturated carbocycles. The first kappa shape index (κ1) is 11.9. The van der Waals surface area contributed by atoms with Crippen LogP contribution in [0.5, 0.6) is 0 Å². The average molecular weight is 249 g/mol. The number of hydrogen-bond acceptors (Lipinski definition) is 3. The number of carboxylic acids is 1. The summed E-state index contributed by atoms with van der Waals surface area (Å²) in [7, 11) is 0. The van der Waals surface area contributed by atoms with E-state index in [-0.39, 0.29) is 12.5 Å². The average Bonchev–Trinajstić information content (AvgIpc) is 2.34. The van der Waals surface area contributed by atoms with Crippen molar-refractivity contribution in [1.82, 2.24) is 5.32 Å². The number of carboxylic acid groups (broad SMARTS) is 1. The molecule has 3 N–H and O–H groups in total. The number of rotatable bonds is 2. The van der Waals surface area contributed by atoms with Gasteiger partial charge in [-0.2, -0.15) is 0 Å². The van der Waals surface area contributed by atoms with Gasteiger partial charge in [0.05, 0.1) is 11.4 Å². The standard InChI is InChI=1S/C11H11N3O4/c15-9-6-14(11(18)12-5-10(16)17)8-4-2-1-3-7(8)13-9/h1-4H,5-6H2,(H,12,18)(H,13,15)(H,16,17). The molecule has 0 unspecified atom stereocenters. The monoisotopic (exact) mass is 249 g/mol. The maximum atomic E-state index is 11.8. The normalized spacial score (nSPS) is 13.6. The number of nitrogens with zero attached hydrogens (tertiary/aromatic N) is 1. The molecule has 0 radical (unpaired) electrons. The number of fused-ring (bicyclic) bond motifs is 1. The van der Waals surface area contributed by atoms with Crippen LogP contribution in [0.2, 0.25) is 0 Å². The van der Waals surface area contributed by atoms with Gasteiger partial charge in [0.1, 0.15) is 13.1 Å². The van der Waals surface area contributed by atoms with Gasteiger partial charge in [-0.3, -0.25) is 14.5 Å². The second-order valence-corrected chi connectivity index (χ2v) is 3.70. The van der Waals surface area contributed by atoms with Crippen LogP contribution < -0.4 is 15.5 Å². The lowest BCUT2D eigenvalue weighted by atomic mass is 10.2. The number of carbonyl (C=O) groups excluding carboxylic acids is 2. The van der Waals surface area contributed by atoms with Crippen LogP contribution in [0, 0.1) is 0 Å². The molecule has 7 nitrogen and oxygen atoms in total. The molecular weight excluding hydrogens is 238 g/mol. The van der Waals surface area contributed by atoms with E-state index in [1.165, 1.54) is 4.90 Å². The molecule has 1 heterocycles. The van der Waals surface area contributed by atoms with Crippen molar-refractivity contribution in [3.8, 4) is 0 Å². The van der Waals surface area contributed by atoms with E-state index in [0.29, 0.717) is 11.4 Å². The molecule has 0 aromatic heterocycles. The van der Waals surface area contributed by atoms with Crippen LogP contribution >= 0.6 is 0 Å². The van der Waals surface area contributed by atoms with Crippen LogP contribution in [0.4, 0.5) is 16.2 Å². The van der Waals surface area contributed by atoms with E-state index in [1.807, 2.05) is 0 Å². The van der Waals surface area contributed by atoms with Crippen LogP contribution in [-0.2, 0) is 9.59 Å². The lowest BCUT2D eigenvalue weighted by molar-refractivity contribution is -0.135. The highest BCUT2D eigenvalue weighted by Crippen LogP contribution is 2.28. The lowest BCUT2D eigenvalue weighted by Gasteiger charge is -2.28. The molecule has 1 aromatic carbocycles. The molecule has 1 aromatic rings. The molecule has 0 bridgehead atoms. The molecule has 0 fully saturated rings. The zero-order valence-corrected chi connectivity index (χ0v) is 9.34. The zero-order valence-electron chi connectivity index (χ0n) is 9.34. The Morgan fingerprint density at radius 3 is 2.83 bits per heavy atom. The first-order chi connectivity index (χ1) is 8.58. The van der Waals surface area contributed by atoms with Crippen molar-refractivity contribution in [2.45, 2.75) is 0 Å². The summed E-state index contributed by atoms with van der Waals surface area (Å²) in [5.74, 6) is -1.46. The molecule has 0 atom stereocenters. The van der Waals surface area contributed by atoms with Gasteiger partial charge < -0.3 is 15.7 Å². The molecule has 1 aliphatic rings. The highest BCUT2D eigenvalue weighted by atomic mass is 16.4. The fourth-order valence-corrected chi connectivity index (χ4v) is 1.66. The summed E-state index contributed by atoms with van der Waals surface area (Å²) in [6, 6.07) is 6.20. The smallest absolute Gasteiger partial charge is 0.323 e. The van der Waals surface area contributed by atoms with Crippen LogP contribution in [0.25, 0.3) is 0 Å². The summed E-state index contributed by atoms with van der Waals surface area (Å²) >= 11 is 0. The number of urea groups is 1. The molecule has 18 heavy (non-hydrogen) atoms. The first-order valence-corrected chi connectivity index (χ1v) is 5.24. The molecule has 0 saturated heterocycles. The minimum Gasteiger partial charge on any atom is -0.480 e. The van der Waals surface area contributed by atoms with Crippen LogP contribution in [0.15, 0.2) is 24.3 Å². The van der Waals surface area contributed by atoms with E-state index in [1.54, 1.807) is 24.3 Å². The van der Waals surface area contributed by atoms with E-state index in [9.17, 15) is 14.4 Å². The summed E-state index contributed by atoms with van der Waals surface area (Å²) < 4.78 is 0. The second-order valence-electron chi connectivity index (χ2n) is 3.70. The van der Waals surface area contributed by atoms with Gasteiger partial charge in [-0.15, -0.1) is 0 Å². The number of anilines is 2. The van der Waals surface area contributed by atoms with Crippen molar-refractivity contribution in [3.05, 3.63) is 24.3 Å². The molecule has 7 heteroatoms. The highest BCUT2D eigenvalue weighted by Gasteiger charge is 2.26. The summed E-state index contributed by atoms with van der Waals surface area (Å²) in [5, 5.41) is 13.3. The first-order valence-electron chi connectivity index (χ1n) is 5.24.